The summed E-state index contributed by atoms with van der Waals surface area (Å²) in [4.78, 5) is 11.2. The van der Waals surface area contributed by atoms with Gasteiger partial charge in [-0.05, 0) is 19.8 Å². The third-order valence-corrected chi connectivity index (χ3v) is 1.57. The summed E-state index contributed by atoms with van der Waals surface area (Å²) >= 11 is 0. The first-order valence-electron chi connectivity index (χ1n) is 4.83. The lowest BCUT2D eigenvalue weighted by Gasteiger charge is -2.18. The van der Waals surface area contributed by atoms with E-state index in [1.165, 1.54) is 13.8 Å². The molecule has 1 atom stereocenters. The fraction of sp³-hybridized carbons (Fsp3) is 0.900. The van der Waals surface area contributed by atoms with E-state index in [0.29, 0.717) is 6.61 Å². The standard InChI is InChI=1S/C10H20FNO2/c1-7(2)6-14-9(13)8(12)5-10(3,4)11/h7-8H,5-6,12H2,1-4H3/t8-/m0/s1. The molecule has 0 aromatic heterocycles. The molecule has 0 fully saturated rings. The molecule has 0 saturated heterocycles. The van der Waals surface area contributed by atoms with Crippen LogP contribution < -0.4 is 5.73 Å². The molecule has 0 aliphatic rings. The predicted octanol–water partition coefficient (Wildman–Crippen LogP) is 1.65. The van der Waals surface area contributed by atoms with Gasteiger partial charge in [-0.3, -0.25) is 4.79 Å². The van der Waals surface area contributed by atoms with Crippen molar-refractivity contribution in [3.05, 3.63) is 0 Å². The van der Waals surface area contributed by atoms with Gasteiger partial charge in [0.2, 0.25) is 0 Å². The number of nitrogens with two attached hydrogens (primary N) is 1. The number of halogens is 1. The number of hydrogen-bond donors (Lipinski definition) is 1. The highest BCUT2D eigenvalue weighted by atomic mass is 19.1. The van der Waals surface area contributed by atoms with Crippen LogP contribution in [0, 0.1) is 5.92 Å². The van der Waals surface area contributed by atoms with Crippen LogP contribution >= 0.6 is 0 Å². The van der Waals surface area contributed by atoms with Gasteiger partial charge < -0.3 is 10.5 Å². The third-order valence-electron chi connectivity index (χ3n) is 1.57. The van der Waals surface area contributed by atoms with Crippen LogP contribution in [0.1, 0.15) is 34.1 Å². The van der Waals surface area contributed by atoms with Crippen molar-refractivity contribution in [2.45, 2.75) is 45.8 Å². The van der Waals surface area contributed by atoms with Crippen molar-refractivity contribution in [1.29, 1.82) is 0 Å². The van der Waals surface area contributed by atoms with Crippen LogP contribution in [0.2, 0.25) is 0 Å². The zero-order valence-electron chi connectivity index (χ0n) is 9.34. The van der Waals surface area contributed by atoms with E-state index < -0.39 is 17.7 Å². The van der Waals surface area contributed by atoms with Gasteiger partial charge in [0.1, 0.15) is 11.7 Å². The number of rotatable bonds is 5. The molecular weight excluding hydrogens is 185 g/mol. The zero-order chi connectivity index (χ0) is 11.4. The highest BCUT2D eigenvalue weighted by Gasteiger charge is 2.25. The van der Waals surface area contributed by atoms with Gasteiger partial charge in [0.05, 0.1) is 6.61 Å². The molecule has 0 heterocycles. The lowest BCUT2D eigenvalue weighted by Crippen LogP contribution is -2.38. The third kappa shape index (κ3) is 6.83. The SMILES string of the molecule is CC(C)COC(=O)[C@@H](N)CC(C)(C)F. The van der Waals surface area contributed by atoms with Gasteiger partial charge >= 0.3 is 5.97 Å². The number of carbonyl (C=O) groups is 1. The minimum absolute atomic E-state index is 0.00999. The molecule has 0 saturated carbocycles. The smallest absolute Gasteiger partial charge is 0.323 e. The van der Waals surface area contributed by atoms with Gasteiger partial charge in [0.15, 0.2) is 0 Å². The van der Waals surface area contributed by atoms with E-state index in [-0.39, 0.29) is 12.3 Å². The molecular formula is C10H20FNO2. The second kappa shape index (κ2) is 5.29. The number of carbonyl (C=O) groups excluding carboxylic acids is 1. The lowest BCUT2D eigenvalue weighted by atomic mass is 10.0. The first-order chi connectivity index (χ1) is 6.22. The van der Waals surface area contributed by atoms with E-state index >= 15 is 0 Å². The minimum Gasteiger partial charge on any atom is -0.464 e. The average Bonchev–Trinajstić information content (AvgIpc) is 1.96. The van der Waals surface area contributed by atoms with Crippen molar-refractivity contribution >= 4 is 5.97 Å². The summed E-state index contributed by atoms with van der Waals surface area (Å²) in [5, 5.41) is 0. The van der Waals surface area contributed by atoms with Crippen LogP contribution in [0.15, 0.2) is 0 Å². The molecule has 0 aliphatic heterocycles. The quantitative estimate of drug-likeness (QED) is 0.694. The fourth-order valence-corrected chi connectivity index (χ4v) is 0.962. The molecule has 0 aromatic rings. The Hall–Kier alpha value is -0.640. The molecule has 0 rings (SSSR count). The van der Waals surface area contributed by atoms with E-state index in [1.54, 1.807) is 0 Å². The van der Waals surface area contributed by atoms with Gasteiger partial charge in [0, 0.05) is 6.42 Å². The lowest BCUT2D eigenvalue weighted by molar-refractivity contribution is -0.147. The van der Waals surface area contributed by atoms with E-state index in [4.69, 9.17) is 10.5 Å². The van der Waals surface area contributed by atoms with E-state index in [0.717, 1.165) is 0 Å². The Morgan fingerprint density at radius 3 is 2.36 bits per heavy atom. The highest BCUT2D eigenvalue weighted by Crippen LogP contribution is 2.15. The van der Waals surface area contributed by atoms with Gasteiger partial charge in [0.25, 0.3) is 0 Å². The van der Waals surface area contributed by atoms with Crippen LogP contribution in [0.5, 0.6) is 0 Å². The number of alkyl halides is 1. The maximum Gasteiger partial charge on any atom is 0.323 e. The van der Waals surface area contributed by atoms with Crippen LogP contribution in [0.4, 0.5) is 4.39 Å². The summed E-state index contributed by atoms with van der Waals surface area (Å²) in [6.45, 7) is 6.97. The molecule has 0 bridgehead atoms. The molecule has 14 heavy (non-hydrogen) atoms. The number of ether oxygens (including phenoxy) is 1. The Bertz CT molecular complexity index is 187. The monoisotopic (exact) mass is 205 g/mol. The number of hydrogen-bond acceptors (Lipinski definition) is 3. The van der Waals surface area contributed by atoms with E-state index in [2.05, 4.69) is 0 Å². The first kappa shape index (κ1) is 13.4. The summed E-state index contributed by atoms with van der Waals surface area (Å²) in [6.07, 6.45) is -0.00999. The largest absolute Gasteiger partial charge is 0.464 e. The summed E-state index contributed by atoms with van der Waals surface area (Å²) in [6, 6.07) is -0.867. The zero-order valence-corrected chi connectivity index (χ0v) is 9.34. The second-order valence-corrected chi connectivity index (χ2v) is 4.55. The minimum atomic E-state index is -1.43. The van der Waals surface area contributed by atoms with Gasteiger partial charge in [-0.2, -0.15) is 0 Å². The van der Waals surface area contributed by atoms with Crippen LogP contribution in [0.25, 0.3) is 0 Å². The van der Waals surface area contributed by atoms with Crippen LogP contribution in [0.3, 0.4) is 0 Å². The fourth-order valence-electron chi connectivity index (χ4n) is 0.962. The number of esters is 1. The summed E-state index contributed by atoms with van der Waals surface area (Å²) in [7, 11) is 0. The highest BCUT2D eigenvalue weighted by molar-refractivity contribution is 5.75. The summed E-state index contributed by atoms with van der Waals surface area (Å²) < 4.78 is 18.0. The van der Waals surface area contributed by atoms with Crippen molar-refractivity contribution in [3.8, 4) is 0 Å². The molecule has 84 valence electrons. The Labute approximate surface area is 84.8 Å². The van der Waals surface area contributed by atoms with Crippen LogP contribution in [-0.2, 0) is 9.53 Å². The predicted molar refractivity (Wildman–Crippen MR) is 53.6 cm³/mol. The van der Waals surface area contributed by atoms with Crippen molar-refractivity contribution in [3.63, 3.8) is 0 Å². The Morgan fingerprint density at radius 2 is 2.00 bits per heavy atom. The Balaban J connectivity index is 3.88. The van der Waals surface area contributed by atoms with E-state index in [1.807, 2.05) is 13.8 Å². The molecule has 0 aliphatic carbocycles. The van der Waals surface area contributed by atoms with Gasteiger partial charge in [-0.15, -0.1) is 0 Å². The molecule has 0 radical (unpaired) electrons. The van der Waals surface area contributed by atoms with Gasteiger partial charge in [-0.1, -0.05) is 13.8 Å². The molecule has 0 spiro atoms. The normalized spacial score (nSPS) is 14.2. The maximum atomic E-state index is 13.1. The maximum absolute atomic E-state index is 13.1. The molecule has 2 N–H and O–H groups in total. The topological polar surface area (TPSA) is 52.3 Å². The van der Waals surface area contributed by atoms with E-state index in [9.17, 15) is 9.18 Å². The van der Waals surface area contributed by atoms with Crippen molar-refractivity contribution in [2.75, 3.05) is 6.61 Å². The molecule has 0 amide bonds. The van der Waals surface area contributed by atoms with Crippen molar-refractivity contribution in [2.24, 2.45) is 11.7 Å². The molecule has 0 unspecified atom stereocenters. The molecule has 3 nitrogen and oxygen atoms in total. The second-order valence-electron chi connectivity index (χ2n) is 4.55. The van der Waals surface area contributed by atoms with Crippen molar-refractivity contribution < 1.29 is 13.9 Å². The first-order valence-corrected chi connectivity index (χ1v) is 4.83. The summed E-state index contributed by atoms with van der Waals surface area (Å²) in [5.41, 5.74) is 4.04. The average molecular weight is 205 g/mol. The van der Waals surface area contributed by atoms with Gasteiger partial charge in [-0.25, -0.2) is 4.39 Å². The molecule has 0 aromatic carbocycles. The molecule has 4 heteroatoms. The van der Waals surface area contributed by atoms with Crippen LogP contribution in [-0.4, -0.2) is 24.3 Å². The Morgan fingerprint density at radius 1 is 1.50 bits per heavy atom. The summed E-state index contributed by atoms with van der Waals surface area (Å²) in [5.74, 6) is -0.256. The Kier molecular flexibility index (Phi) is 5.05. The van der Waals surface area contributed by atoms with Crippen molar-refractivity contribution in [1.82, 2.24) is 0 Å².